The van der Waals surface area contributed by atoms with Crippen LogP contribution in [0, 0.1) is 11.8 Å². The van der Waals surface area contributed by atoms with Crippen LogP contribution in [0.25, 0.3) is 0 Å². The van der Waals surface area contributed by atoms with E-state index >= 15 is 0 Å². The van der Waals surface area contributed by atoms with Gasteiger partial charge in [-0.3, -0.25) is 9.69 Å². The fourth-order valence-electron chi connectivity index (χ4n) is 5.04. The zero-order chi connectivity index (χ0) is 14.7. The van der Waals surface area contributed by atoms with Gasteiger partial charge in [0.25, 0.3) is 0 Å². The summed E-state index contributed by atoms with van der Waals surface area (Å²) < 4.78 is 5.33. The topological polar surface area (TPSA) is 49.8 Å². The van der Waals surface area contributed by atoms with Gasteiger partial charge in [-0.25, -0.2) is 0 Å². The predicted molar refractivity (Wildman–Crippen MR) is 77.0 cm³/mol. The monoisotopic (exact) mass is 343 g/mol. The zero-order valence-corrected chi connectivity index (χ0v) is 13.8. The summed E-state index contributed by atoms with van der Waals surface area (Å²) >= 11 is 0. The molecule has 3 aliphatic heterocycles. The minimum atomic E-state index is -0.998. The van der Waals surface area contributed by atoms with E-state index in [1.54, 1.807) is 0 Å². The number of aliphatic hydroxyl groups is 1. The number of hydrogen-bond donors (Lipinski definition) is 1. The van der Waals surface area contributed by atoms with Crippen LogP contribution in [0.4, 0.5) is 0 Å². The molecular formula is C17H21FeNO3. The second kappa shape index (κ2) is 5.20. The van der Waals surface area contributed by atoms with Crippen LogP contribution in [0.3, 0.4) is 0 Å². The average molecular weight is 343 g/mol. The van der Waals surface area contributed by atoms with E-state index in [-0.39, 0.29) is 29.1 Å². The van der Waals surface area contributed by atoms with Gasteiger partial charge in [-0.1, -0.05) is 24.3 Å². The number of ether oxygens (including phenoxy) is 1. The van der Waals surface area contributed by atoms with Gasteiger partial charge in [-0.2, -0.15) is 0 Å². The molecule has 1 spiro atoms. The van der Waals surface area contributed by atoms with Crippen molar-refractivity contribution < 1.29 is 31.7 Å². The van der Waals surface area contributed by atoms with Crippen molar-refractivity contribution in [3.8, 4) is 0 Å². The van der Waals surface area contributed by atoms with Gasteiger partial charge in [0.15, 0.2) is 0 Å². The summed E-state index contributed by atoms with van der Waals surface area (Å²) in [6.07, 6.45) is 15.1. The first-order valence-electron chi connectivity index (χ1n) is 7.89. The molecule has 4 atom stereocenters. The maximum atomic E-state index is 12.6. The van der Waals surface area contributed by atoms with E-state index in [9.17, 15) is 9.90 Å². The maximum absolute atomic E-state index is 12.6. The molecule has 0 aromatic rings. The van der Waals surface area contributed by atoms with Crippen molar-refractivity contribution in [2.75, 3.05) is 6.61 Å². The van der Waals surface area contributed by atoms with Crippen LogP contribution in [0.5, 0.6) is 0 Å². The van der Waals surface area contributed by atoms with E-state index in [4.69, 9.17) is 4.74 Å². The number of esters is 1. The molecule has 0 aromatic carbocycles. The van der Waals surface area contributed by atoms with E-state index < -0.39 is 16.7 Å². The zero-order valence-electron chi connectivity index (χ0n) is 12.7. The van der Waals surface area contributed by atoms with E-state index in [0.29, 0.717) is 19.4 Å². The third-order valence-corrected chi connectivity index (χ3v) is 5.86. The molecule has 22 heavy (non-hydrogen) atoms. The minimum Gasteiger partial charge on any atom is -0.465 e. The molecular weight excluding hydrogens is 322 g/mol. The number of hydrogen-bond acceptors (Lipinski definition) is 4. The molecule has 0 unspecified atom stereocenters. The molecule has 0 saturated carbocycles. The van der Waals surface area contributed by atoms with Gasteiger partial charge in [0.1, 0.15) is 11.3 Å². The molecule has 4 rings (SSSR count). The first-order valence-corrected chi connectivity index (χ1v) is 7.89. The van der Waals surface area contributed by atoms with Crippen molar-refractivity contribution in [1.82, 2.24) is 4.90 Å². The number of nitrogens with zero attached hydrogens (tertiary/aromatic N) is 1. The molecule has 0 amide bonds. The Balaban J connectivity index is 0.00000144. The number of carbonyl (C=O) groups excluding carboxylic acids is 1. The Bertz CT molecular complexity index is 548. The second-order valence-electron chi connectivity index (χ2n) is 6.67. The first kappa shape index (κ1) is 16.3. The molecule has 5 heteroatoms. The van der Waals surface area contributed by atoms with Crippen LogP contribution in [-0.2, 0) is 26.6 Å². The molecule has 120 valence electrons. The van der Waals surface area contributed by atoms with E-state index in [1.807, 2.05) is 25.2 Å². The quantitative estimate of drug-likeness (QED) is 0.614. The van der Waals surface area contributed by atoms with E-state index in [1.165, 1.54) is 0 Å². The van der Waals surface area contributed by atoms with Gasteiger partial charge in [0, 0.05) is 34.9 Å². The summed E-state index contributed by atoms with van der Waals surface area (Å²) in [6, 6.07) is 0.241. The molecule has 2 radical (unpaired) electrons. The number of allylic oxidation sites excluding steroid dienone is 3. The van der Waals surface area contributed by atoms with Gasteiger partial charge in [-0.05, 0) is 39.0 Å². The molecule has 0 bridgehead atoms. The van der Waals surface area contributed by atoms with Crippen molar-refractivity contribution in [1.29, 1.82) is 0 Å². The summed E-state index contributed by atoms with van der Waals surface area (Å²) in [4.78, 5) is 14.6. The predicted octanol–water partition coefficient (Wildman–Crippen LogP) is 1.83. The van der Waals surface area contributed by atoms with Crippen LogP contribution < -0.4 is 0 Å². The first-order chi connectivity index (χ1) is 10.1. The van der Waals surface area contributed by atoms with Crippen LogP contribution in [0.15, 0.2) is 24.3 Å². The standard InChI is InChI=1S/C17H21NO3.Fe/c1-2-21-14(19)16-9-6-13-12-15(7-4-3-5-8-15)17(20,11-10-16)18(13)16;/h3-5,7,13,20H,2,6,9-12H2,1H3;/t13-,15+,16+,17-;/m0./s1. The second-order valence-corrected chi connectivity index (χ2v) is 6.67. The van der Waals surface area contributed by atoms with Gasteiger partial charge >= 0.3 is 5.97 Å². The molecule has 0 aromatic heterocycles. The fourth-order valence-corrected chi connectivity index (χ4v) is 5.04. The normalized spacial score (nSPS) is 45.1. The average Bonchev–Trinajstić information content (AvgIpc) is 3.07. The van der Waals surface area contributed by atoms with Crippen molar-refractivity contribution in [3.05, 3.63) is 30.7 Å². The van der Waals surface area contributed by atoms with Gasteiger partial charge < -0.3 is 9.84 Å². The molecule has 4 nitrogen and oxygen atoms in total. The smallest absolute Gasteiger partial charge is 0.326 e. The van der Waals surface area contributed by atoms with Crippen molar-refractivity contribution >= 4 is 5.97 Å². The molecule has 1 N–H and O–H groups in total. The van der Waals surface area contributed by atoms with Crippen molar-refractivity contribution in [2.24, 2.45) is 5.41 Å². The number of carbonyl (C=O) groups is 1. The van der Waals surface area contributed by atoms with Gasteiger partial charge in [0.05, 0.1) is 6.61 Å². The molecule has 4 aliphatic rings. The van der Waals surface area contributed by atoms with Crippen molar-refractivity contribution in [2.45, 2.75) is 56.3 Å². The van der Waals surface area contributed by atoms with Gasteiger partial charge in [0.2, 0.25) is 0 Å². The Labute approximate surface area is 142 Å². The van der Waals surface area contributed by atoms with Crippen LogP contribution in [0.2, 0.25) is 0 Å². The number of fused-ring (bicyclic) bond motifs is 1. The fraction of sp³-hybridized carbons (Fsp3) is 0.647. The largest absolute Gasteiger partial charge is 0.465 e. The Kier molecular flexibility index (Phi) is 3.84. The summed E-state index contributed by atoms with van der Waals surface area (Å²) in [7, 11) is 0. The van der Waals surface area contributed by atoms with Crippen LogP contribution in [0.1, 0.15) is 39.0 Å². The van der Waals surface area contributed by atoms with E-state index in [2.05, 4.69) is 17.4 Å². The summed E-state index contributed by atoms with van der Waals surface area (Å²) in [6.45, 7) is 2.23. The third-order valence-electron chi connectivity index (χ3n) is 5.86. The van der Waals surface area contributed by atoms with Gasteiger partial charge in [-0.15, -0.1) is 0 Å². The summed E-state index contributed by atoms with van der Waals surface area (Å²) in [5.41, 5.74) is -2.08. The molecule has 3 saturated heterocycles. The summed E-state index contributed by atoms with van der Waals surface area (Å²) in [5.74, 6) is -0.157. The summed E-state index contributed by atoms with van der Waals surface area (Å²) in [5, 5.41) is 11.4. The number of rotatable bonds is 2. The Morgan fingerprint density at radius 3 is 2.91 bits per heavy atom. The van der Waals surface area contributed by atoms with Crippen LogP contribution in [-0.4, -0.2) is 39.9 Å². The minimum absolute atomic E-state index is 0. The molecule has 3 fully saturated rings. The van der Waals surface area contributed by atoms with Crippen molar-refractivity contribution in [3.63, 3.8) is 0 Å². The maximum Gasteiger partial charge on any atom is 0.326 e. The third kappa shape index (κ3) is 1.74. The SMILES string of the molecule is CCOC(=O)[C@@]12CC[C@H]3C[C@@]4([C]C=CC=C4)[C@@](O)(CC1)N32.[Fe]. The van der Waals surface area contributed by atoms with E-state index in [0.717, 1.165) is 19.3 Å². The Morgan fingerprint density at radius 1 is 1.41 bits per heavy atom. The Morgan fingerprint density at radius 2 is 2.23 bits per heavy atom. The van der Waals surface area contributed by atoms with Crippen LogP contribution >= 0.6 is 0 Å². The molecule has 3 heterocycles. The molecule has 1 aliphatic carbocycles. The Hall–Kier alpha value is -0.611.